The molecule has 0 fully saturated rings. The summed E-state index contributed by atoms with van der Waals surface area (Å²) in [6.45, 7) is 5.32. The van der Waals surface area contributed by atoms with Crippen LogP contribution in [0.4, 0.5) is 11.6 Å². The molecule has 2 aromatic carbocycles. The summed E-state index contributed by atoms with van der Waals surface area (Å²) in [6.07, 6.45) is 3.27. The molecular formula is C33H38N6O7. The highest BCUT2D eigenvalue weighted by molar-refractivity contribution is 5.95. The second-order valence-corrected chi connectivity index (χ2v) is 11.1. The number of hydrogen-bond donors (Lipinski definition) is 4. The molecule has 2 heterocycles. The van der Waals surface area contributed by atoms with Crippen molar-refractivity contribution in [2.24, 2.45) is 5.92 Å². The Labute approximate surface area is 266 Å². The van der Waals surface area contributed by atoms with Crippen LogP contribution in [0.15, 0.2) is 51.9 Å². The van der Waals surface area contributed by atoms with Crippen LogP contribution < -0.4 is 35.6 Å². The average Bonchev–Trinajstić information content (AvgIpc) is 3.69. The number of carbonyl (C=O) groups excluding carboxylic acids is 2. The van der Waals surface area contributed by atoms with Gasteiger partial charge in [-0.05, 0) is 65.8 Å². The van der Waals surface area contributed by atoms with Crippen molar-refractivity contribution in [3.05, 3.63) is 64.0 Å². The van der Waals surface area contributed by atoms with E-state index >= 15 is 0 Å². The van der Waals surface area contributed by atoms with Crippen molar-refractivity contribution in [2.75, 3.05) is 32.0 Å². The number of ether oxygens (including phenoxy) is 3. The molecule has 0 bridgehead atoms. The molecule has 13 heteroatoms. The second-order valence-electron chi connectivity index (χ2n) is 11.1. The van der Waals surface area contributed by atoms with Gasteiger partial charge < -0.3 is 29.3 Å². The highest BCUT2D eigenvalue weighted by Gasteiger charge is 2.31. The Balaban J connectivity index is 1.57. The number of aryl methyl sites for hydroxylation is 1. The van der Waals surface area contributed by atoms with E-state index in [9.17, 15) is 14.4 Å². The van der Waals surface area contributed by atoms with Crippen molar-refractivity contribution in [2.45, 2.75) is 52.1 Å². The van der Waals surface area contributed by atoms with Gasteiger partial charge in [0.15, 0.2) is 23.1 Å². The lowest BCUT2D eigenvalue weighted by atomic mass is 9.95. The van der Waals surface area contributed by atoms with Gasteiger partial charge in [-0.3, -0.25) is 24.8 Å². The van der Waals surface area contributed by atoms with Gasteiger partial charge in [-0.2, -0.15) is 4.98 Å². The van der Waals surface area contributed by atoms with Crippen LogP contribution in [0.1, 0.15) is 50.8 Å². The predicted octanol–water partition coefficient (Wildman–Crippen LogP) is 4.71. The highest BCUT2D eigenvalue weighted by Crippen LogP contribution is 2.50. The minimum Gasteiger partial charge on any atom is -0.493 e. The number of carbonyl (C=O) groups is 2. The molecule has 0 aliphatic heterocycles. The molecule has 4 N–H and O–H groups in total. The lowest BCUT2D eigenvalue weighted by Gasteiger charge is -2.23. The number of amides is 2. The smallest absolute Gasteiger partial charge is 0.249 e. The van der Waals surface area contributed by atoms with Crippen molar-refractivity contribution in [3.63, 3.8) is 0 Å². The molecule has 0 saturated heterocycles. The summed E-state index contributed by atoms with van der Waals surface area (Å²) in [5, 5.41) is 15.8. The van der Waals surface area contributed by atoms with Gasteiger partial charge in [-0.1, -0.05) is 26.3 Å². The van der Waals surface area contributed by atoms with Crippen molar-refractivity contribution in [1.29, 1.82) is 0 Å². The lowest BCUT2D eigenvalue weighted by molar-refractivity contribution is -0.120. The van der Waals surface area contributed by atoms with Gasteiger partial charge in [0, 0.05) is 12.5 Å². The van der Waals surface area contributed by atoms with Gasteiger partial charge in [0.1, 0.15) is 6.04 Å². The molecule has 4 aromatic rings. The molecule has 1 aliphatic carbocycles. The van der Waals surface area contributed by atoms with Gasteiger partial charge in [0.2, 0.25) is 28.9 Å². The third kappa shape index (κ3) is 6.39. The van der Waals surface area contributed by atoms with E-state index in [-0.39, 0.29) is 28.9 Å². The number of furan rings is 1. The monoisotopic (exact) mass is 630 g/mol. The Bertz CT molecular complexity index is 1790. The maximum atomic E-state index is 13.9. The van der Waals surface area contributed by atoms with Crippen LogP contribution in [0, 0.1) is 5.92 Å². The predicted molar refractivity (Wildman–Crippen MR) is 172 cm³/mol. The number of hydrogen-bond acceptors (Lipinski definition) is 10. The second kappa shape index (κ2) is 13.8. The number of methoxy groups -OCH3 is 3. The Morgan fingerprint density at radius 2 is 1.89 bits per heavy atom. The quantitative estimate of drug-likeness (QED) is 0.182. The molecule has 2 aromatic heterocycles. The van der Waals surface area contributed by atoms with Crippen LogP contribution in [-0.4, -0.2) is 54.4 Å². The van der Waals surface area contributed by atoms with Gasteiger partial charge in [-0.15, -0.1) is 5.10 Å². The molecule has 242 valence electrons. The zero-order valence-electron chi connectivity index (χ0n) is 26.6. The Hall–Kier alpha value is -5.33. The average molecular weight is 631 g/mol. The first-order chi connectivity index (χ1) is 22.2. The minimum atomic E-state index is -0.803. The molecule has 13 nitrogen and oxygen atoms in total. The number of benzene rings is 1. The minimum absolute atomic E-state index is 0.0745. The molecule has 3 unspecified atom stereocenters. The molecule has 2 amide bonds. The van der Waals surface area contributed by atoms with Crippen LogP contribution in [0.2, 0.25) is 0 Å². The molecule has 5 rings (SSSR count). The van der Waals surface area contributed by atoms with Crippen LogP contribution in [0.5, 0.6) is 17.2 Å². The fourth-order valence-electron chi connectivity index (χ4n) is 5.73. The Kier molecular flexibility index (Phi) is 9.59. The van der Waals surface area contributed by atoms with Crippen LogP contribution in [0.25, 0.3) is 22.7 Å². The molecular weight excluding hydrogens is 592 g/mol. The lowest BCUT2D eigenvalue weighted by Crippen LogP contribution is -2.41. The Morgan fingerprint density at radius 1 is 1.11 bits per heavy atom. The zero-order valence-corrected chi connectivity index (χ0v) is 26.6. The summed E-state index contributed by atoms with van der Waals surface area (Å²) < 4.78 is 22.5. The van der Waals surface area contributed by atoms with E-state index in [1.807, 2.05) is 26.0 Å². The number of nitrogens with one attached hydrogen (secondary N) is 4. The molecule has 3 atom stereocenters. The molecule has 0 spiro atoms. The first-order valence-corrected chi connectivity index (χ1v) is 15.0. The number of fused-ring (bicyclic) bond motifs is 3. The van der Waals surface area contributed by atoms with Crippen molar-refractivity contribution < 1.29 is 28.2 Å². The van der Waals surface area contributed by atoms with Gasteiger partial charge in [0.05, 0.1) is 39.3 Å². The number of aromatic nitrogens is 3. The number of anilines is 2. The number of rotatable bonds is 11. The third-order valence-corrected chi connectivity index (χ3v) is 8.20. The van der Waals surface area contributed by atoms with Gasteiger partial charge in [-0.25, -0.2) is 0 Å². The van der Waals surface area contributed by atoms with Gasteiger partial charge in [0.25, 0.3) is 0 Å². The van der Waals surface area contributed by atoms with E-state index in [0.29, 0.717) is 59.2 Å². The summed E-state index contributed by atoms with van der Waals surface area (Å²) in [4.78, 5) is 44.0. The largest absolute Gasteiger partial charge is 0.493 e. The maximum Gasteiger partial charge on any atom is 0.249 e. The number of aromatic amines is 1. The van der Waals surface area contributed by atoms with E-state index in [0.717, 1.165) is 11.1 Å². The van der Waals surface area contributed by atoms with Crippen LogP contribution >= 0.6 is 0 Å². The van der Waals surface area contributed by atoms with Gasteiger partial charge >= 0.3 is 0 Å². The highest BCUT2D eigenvalue weighted by atomic mass is 16.5. The molecule has 1 aliphatic rings. The molecule has 0 radical (unpaired) electrons. The molecule has 0 saturated carbocycles. The normalized spacial score (nSPS) is 15.0. The molecule has 46 heavy (non-hydrogen) atoms. The summed E-state index contributed by atoms with van der Waals surface area (Å²) >= 11 is 0. The fourth-order valence-corrected chi connectivity index (χ4v) is 5.73. The van der Waals surface area contributed by atoms with E-state index in [1.165, 1.54) is 26.4 Å². The van der Waals surface area contributed by atoms with E-state index in [2.05, 4.69) is 31.1 Å². The number of H-pyrrole nitrogens is 1. The first kappa shape index (κ1) is 32.1. The SMILES string of the molecule is CCC(C)C(Nc1ccc2c(cc1=O)C(NC(C)=O)CCc1cc(OC)c(OC)c(OC)c1-2)C(=O)Nc1n[nH]c(-c2ccco2)n1. The van der Waals surface area contributed by atoms with Crippen LogP contribution in [-0.2, 0) is 16.0 Å². The van der Waals surface area contributed by atoms with E-state index in [1.54, 1.807) is 32.4 Å². The zero-order chi connectivity index (χ0) is 33.0. The summed E-state index contributed by atoms with van der Waals surface area (Å²) in [5.41, 5.74) is 2.81. The fraction of sp³-hybridized carbons (Fsp3) is 0.364. The first-order valence-electron chi connectivity index (χ1n) is 15.0. The third-order valence-electron chi connectivity index (χ3n) is 8.20. The number of nitrogens with zero attached hydrogens (tertiary/aromatic N) is 2. The summed E-state index contributed by atoms with van der Waals surface area (Å²) in [6, 6.07) is 9.05. The Morgan fingerprint density at radius 3 is 2.54 bits per heavy atom. The standard InChI is InChI=1S/C33H38N6O7/c1-7-17(2)28(32(42)37-33-36-31(38-39-33)25-9-8-14-46-25)35-23-13-11-20-21(16-24(23)41)22(34-18(3)40)12-10-19-15-26(43-4)29(44-5)30(45-6)27(19)20/h8-9,11,13-17,22,28H,7,10,12H2,1-6H3,(H,34,40)(H,35,41)(H2,36,37,38,39,42). The van der Waals surface area contributed by atoms with E-state index < -0.39 is 18.0 Å². The van der Waals surface area contributed by atoms with E-state index in [4.69, 9.17) is 18.6 Å². The summed E-state index contributed by atoms with van der Waals surface area (Å²) in [5.74, 6) is 1.48. The van der Waals surface area contributed by atoms with Crippen molar-refractivity contribution in [1.82, 2.24) is 20.5 Å². The summed E-state index contributed by atoms with van der Waals surface area (Å²) in [7, 11) is 4.63. The van der Waals surface area contributed by atoms with Crippen LogP contribution in [0.3, 0.4) is 0 Å². The topological polar surface area (TPSA) is 170 Å². The maximum absolute atomic E-state index is 13.9. The van der Waals surface area contributed by atoms with Crippen molar-refractivity contribution >= 4 is 23.5 Å². The van der Waals surface area contributed by atoms with Crippen molar-refractivity contribution in [3.8, 4) is 40.0 Å².